The molecule has 122 valence electrons. The number of benzene rings is 1. The minimum atomic E-state index is -0.273. The summed E-state index contributed by atoms with van der Waals surface area (Å²) in [6, 6.07) is 12.3. The molecule has 4 nitrogen and oxygen atoms in total. The molecule has 0 spiro atoms. The van der Waals surface area contributed by atoms with Gasteiger partial charge in [0.1, 0.15) is 0 Å². The average molecular weight is 312 g/mol. The van der Waals surface area contributed by atoms with Crippen LogP contribution in [0.2, 0.25) is 0 Å². The highest BCUT2D eigenvalue weighted by Crippen LogP contribution is 2.38. The Balaban J connectivity index is 1.90. The first-order valence-electron chi connectivity index (χ1n) is 8.30. The third-order valence-corrected chi connectivity index (χ3v) is 4.50. The van der Waals surface area contributed by atoms with Gasteiger partial charge in [0.2, 0.25) is 5.43 Å². The molecule has 2 aromatic rings. The van der Waals surface area contributed by atoms with Crippen LogP contribution in [-0.4, -0.2) is 21.1 Å². The molecule has 4 heteroatoms. The van der Waals surface area contributed by atoms with Crippen LogP contribution < -0.4 is 5.43 Å². The number of hydrogen-bond acceptors (Lipinski definition) is 3. The summed E-state index contributed by atoms with van der Waals surface area (Å²) in [5.74, 6) is -0.0889. The van der Waals surface area contributed by atoms with Gasteiger partial charge in [0, 0.05) is 30.9 Å². The number of aromatic nitrogens is 1. The first-order chi connectivity index (χ1) is 11.1. The fourth-order valence-electron chi connectivity index (χ4n) is 3.12. The van der Waals surface area contributed by atoms with Gasteiger partial charge in [0.15, 0.2) is 5.75 Å². The molecular weight excluding hydrogens is 288 g/mol. The maximum Gasteiger partial charge on any atom is 0.223 e. The molecule has 1 saturated carbocycles. The summed E-state index contributed by atoms with van der Waals surface area (Å²) in [7, 11) is 0. The van der Waals surface area contributed by atoms with Crippen molar-refractivity contribution in [1.29, 1.82) is 0 Å². The van der Waals surface area contributed by atoms with Crippen molar-refractivity contribution in [2.75, 3.05) is 6.54 Å². The van der Waals surface area contributed by atoms with Gasteiger partial charge in [0.25, 0.3) is 0 Å². The van der Waals surface area contributed by atoms with Crippen LogP contribution >= 0.6 is 0 Å². The molecule has 3 rings (SSSR count). The lowest BCUT2D eigenvalue weighted by Gasteiger charge is -2.25. The Hall–Kier alpha value is -2.07. The smallest absolute Gasteiger partial charge is 0.223 e. The van der Waals surface area contributed by atoms with E-state index in [1.165, 1.54) is 5.56 Å². The third-order valence-electron chi connectivity index (χ3n) is 4.50. The van der Waals surface area contributed by atoms with Gasteiger partial charge in [-0.05, 0) is 31.9 Å². The number of nitrogens with zero attached hydrogens (tertiary/aromatic N) is 2. The Kier molecular flexibility index (Phi) is 4.53. The number of pyridine rings is 1. The van der Waals surface area contributed by atoms with Crippen molar-refractivity contribution in [3.8, 4) is 5.75 Å². The van der Waals surface area contributed by atoms with Crippen LogP contribution in [0.4, 0.5) is 0 Å². The van der Waals surface area contributed by atoms with E-state index in [0.29, 0.717) is 12.6 Å². The summed E-state index contributed by atoms with van der Waals surface area (Å²) in [6.07, 6.45) is 2.25. The minimum Gasteiger partial charge on any atom is -0.503 e. The predicted molar refractivity (Wildman–Crippen MR) is 91.6 cm³/mol. The van der Waals surface area contributed by atoms with Gasteiger partial charge < -0.3 is 9.67 Å². The lowest BCUT2D eigenvalue weighted by Crippen LogP contribution is -2.26. The fraction of sp³-hybridized carbons (Fsp3) is 0.421. The first kappa shape index (κ1) is 15.8. The van der Waals surface area contributed by atoms with E-state index in [2.05, 4.69) is 28.5 Å². The molecule has 1 aromatic heterocycles. The van der Waals surface area contributed by atoms with Crippen molar-refractivity contribution in [3.05, 3.63) is 63.6 Å². The van der Waals surface area contributed by atoms with E-state index in [9.17, 15) is 9.90 Å². The molecule has 1 heterocycles. The SMILES string of the molecule is CCN(Cc1ccccc1)Cc1c(O)c(=O)cc(C)n1C1CC1. The summed E-state index contributed by atoms with van der Waals surface area (Å²) in [5, 5.41) is 10.3. The molecule has 1 aliphatic rings. The molecule has 0 unspecified atom stereocenters. The van der Waals surface area contributed by atoms with Gasteiger partial charge in [-0.1, -0.05) is 37.3 Å². The quantitative estimate of drug-likeness (QED) is 0.891. The highest BCUT2D eigenvalue weighted by atomic mass is 16.3. The molecule has 1 fully saturated rings. The first-order valence-corrected chi connectivity index (χ1v) is 8.30. The lowest BCUT2D eigenvalue weighted by molar-refractivity contribution is 0.257. The summed E-state index contributed by atoms with van der Waals surface area (Å²) in [6.45, 7) is 6.32. The normalized spacial score (nSPS) is 14.4. The molecule has 0 bridgehead atoms. The predicted octanol–water partition coefficient (Wildman–Crippen LogP) is 3.22. The second kappa shape index (κ2) is 6.59. The molecule has 0 saturated heterocycles. The van der Waals surface area contributed by atoms with E-state index >= 15 is 0 Å². The highest BCUT2D eigenvalue weighted by molar-refractivity contribution is 5.31. The van der Waals surface area contributed by atoms with Crippen LogP contribution in [-0.2, 0) is 13.1 Å². The van der Waals surface area contributed by atoms with E-state index in [1.807, 2.05) is 25.1 Å². The highest BCUT2D eigenvalue weighted by Gasteiger charge is 2.28. The second-order valence-electron chi connectivity index (χ2n) is 6.34. The Morgan fingerprint density at radius 3 is 2.52 bits per heavy atom. The molecule has 0 amide bonds. The van der Waals surface area contributed by atoms with E-state index in [1.54, 1.807) is 6.07 Å². The van der Waals surface area contributed by atoms with Gasteiger partial charge in [-0.15, -0.1) is 0 Å². The fourth-order valence-corrected chi connectivity index (χ4v) is 3.12. The lowest BCUT2D eigenvalue weighted by atomic mass is 10.2. The summed E-state index contributed by atoms with van der Waals surface area (Å²) in [4.78, 5) is 14.3. The van der Waals surface area contributed by atoms with E-state index in [-0.39, 0.29) is 11.2 Å². The van der Waals surface area contributed by atoms with Crippen molar-refractivity contribution >= 4 is 0 Å². The van der Waals surface area contributed by atoms with E-state index in [0.717, 1.165) is 37.3 Å². The van der Waals surface area contributed by atoms with Crippen LogP contribution in [0.1, 0.15) is 42.8 Å². The van der Waals surface area contributed by atoms with Crippen LogP contribution in [0.25, 0.3) is 0 Å². The molecule has 0 atom stereocenters. The maximum atomic E-state index is 12.0. The van der Waals surface area contributed by atoms with Crippen molar-refractivity contribution in [2.24, 2.45) is 0 Å². The Bertz CT molecular complexity index is 733. The summed E-state index contributed by atoms with van der Waals surface area (Å²) in [5.41, 5.74) is 2.67. The minimum absolute atomic E-state index is 0.0889. The molecule has 1 N–H and O–H groups in total. The zero-order valence-electron chi connectivity index (χ0n) is 13.8. The van der Waals surface area contributed by atoms with E-state index < -0.39 is 0 Å². The van der Waals surface area contributed by atoms with Crippen LogP contribution in [0.3, 0.4) is 0 Å². The molecule has 1 aromatic carbocycles. The topological polar surface area (TPSA) is 45.5 Å². The molecule has 1 aliphatic carbocycles. The van der Waals surface area contributed by atoms with Crippen molar-refractivity contribution in [1.82, 2.24) is 9.47 Å². The zero-order valence-corrected chi connectivity index (χ0v) is 13.8. The van der Waals surface area contributed by atoms with Crippen molar-refractivity contribution in [2.45, 2.75) is 45.8 Å². The van der Waals surface area contributed by atoms with Crippen LogP contribution in [0.15, 0.2) is 41.2 Å². The summed E-state index contributed by atoms with van der Waals surface area (Å²) < 4.78 is 2.16. The summed E-state index contributed by atoms with van der Waals surface area (Å²) >= 11 is 0. The second-order valence-corrected chi connectivity index (χ2v) is 6.34. The molecule has 0 aliphatic heterocycles. The van der Waals surface area contributed by atoms with Gasteiger partial charge in [-0.3, -0.25) is 9.69 Å². The third kappa shape index (κ3) is 3.48. The Morgan fingerprint density at radius 2 is 1.91 bits per heavy atom. The van der Waals surface area contributed by atoms with Gasteiger partial charge >= 0.3 is 0 Å². The van der Waals surface area contributed by atoms with E-state index in [4.69, 9.17) is 0 Å². The van der Waals surface area contributed by atoms with Crippen molar-refractivity contribution in [3.63, 3.8) is 0 Å². The Labute approximate surface area is 137 Å². The van der Waals surface area contributed by atoms with Gasteiger partial charge in [-0.2, -0.15) is 0 Å². The van der Waals surface area contributed by atoms with Gasteiger partial charge in [-0.25, -0.2) is 0 Å². The molecular formula is C19H24N2O2. The Morgan fingerprint density at radius 1 is 1.22 bits per heavy atom. The zero-order chi connectivity index (χ0) is 16.4. The molecule has 23 heavy (non-hydrogen) atoms. The van der Waals surface area contributed by atoms with Gasteiger partial charge in [0.05, 0.1) is 5.69 Å². The maximum absolute atomic E-state index is 12.0. The van der Waals surface area contributed by atoms with Crippen molar-refractivity contribution < 1.29 is 5.11 Å². The molecule has 0 radical (unpaired) electrons. The van der Waals surface area contributed by atoms with Crippen LogP contribution in [0, 0.1) is 6.92 Å². The number of rotatable bonds is 6. The number of aryl methyl sites for hydroxylation is 1. The van der Waals surface area contributed by atoms with Crippen LogP contribution in [0.5, 0.6) is 5.75 Å². The number of hydrogen-bond donors (Lipinski definition) is 1. The number of aromatic hydroxyl groups is 1. The largest absolute Gasteiger partial charge is 0.503 e. The monoisotopic (exact) mass is 312 g/mol. The standard InChI is InChI=1S/C19H24N2O2/c1-3-20(12-15-7-5-4-6-8-15)13-17-19(23)18(22)11-14(2)21(17)16-9-10-16/h4-8,11,16,23H,3,9-10,12-13H2,1-2H3. The average Bonchev–Trinajstić information content (AvgIpc) is 3.37.